The zero-order valence-electron chi connectivity index (χ0n) is 17.8. The third-order valence-corrected chi connectivity index (χ3v) is 6.16. The zero-order chi connectivity index (χ0) is 20.9. The van der Waals surface area contributed by atoms with Gasteiger partial charge in [-0.2, -0.15) is 0 Å². The number of ether oxygens (including phenoxy) is 2. The summed E-state index contributed by atoms with van der Waals surface area (Å²) >= 11 is 0. The molecule has 0 amide bonds. The quantitative estimate of drug-likeness (QED) is 0.514. The van der Waals surface area contributed by atoms with Crippen LogP contribution in [-0.2, 0) is 12.8 Å². The maximum atomic E-state index is 9.57. The second kappa shape index (κ2) is 9.81. The molecule has 3 N–H and O–H groups in total. The lowest BCUT2D eigenvalue weighted by Gasteiger charge is -2.21. The molecular formula is C23H33N3O4. The average Bonchev–Trinajstić information content (AvgIpc) is 3.45. The summed E-state index contributed by atoms with van der Waals surface area (Å²) in [7, 11) is 1.65. The van der Waals surface area contributed by atoms with E-state index in [9.17, 15) is 10.2 Å². The molecule has 0 atom stereocenters. The molecule has 0 saturated carbocycles. The summed E-state index contributed by atoms with van der Waals surface area (Å²) < 4.78 is 11.7. The maximum absolute atomic E-state index is 9.57. The Morgan fingerprint density at radius 3 is 2.63 bits per heavy atom. The normalized spacial score (nSPS) is 16.4. The van der Waals surface area contributed by atoms with Gasteiger partial charge in [0.1, 0.15) is 0 Å². The van der Waals surface area contributed by atoms with Crippen molar-refractivity contribution in [2.75, 3.05) is 51.9 Å². The number of rotatable bonds is 10. The molecule has 1 aromatic heterocycles. The summed E-state index contributed by atoms with van der Waals surface area (Å²) in [5.74, 6) is 1.39. The van der Waals surface area contributed by atoms with E-state index < -0.39 is 6.04 Å². The number of anilines is 1. The number of aliphatic hydroxyl groups is 2. The molecule has 2 aromatic rings. The first kappa shape index (κ1) is 21.2. The van der Waals surface area contributed by atoms with Crippen LogP contribution in [0.3, 0.4) is 0 Å². The fourth-order valence-corrected chi connectivity index (χ4v) is 4.54. The number of methoxy groups -OCH3 is 1. The highest BCUT2D eigenvalue weighted by molar-refractivity contribution is 5.96. The van der Waals surface area contributed by atoms with Crippen molar-refractivity contribution in [2.45, 2.75) is 44.6 Å². The Kier molecular flexibility index (Phi) is 6.92. The smallest absolute Gasteiger partial charge is 0.163 e. The van der Waals surface area contributed by atoms with E-state index in [-0.39, 0.29) is 13.2 Å². The van der Waals surface area contributed by atoms with Crippen molar-refractivity contribution in [1.82, 2.24) is 9.88 Å². The Hall–Kier alpha value is -2.09. The molecule has 1 aromatic carbocycles. The second-order valence-corrected chi connectivity index (χ2v) is 8.24. The van der Waals surface area contributed by atoms with E-state index >= 15 is 0 Å². The van der Waals surface area contributed by atoms with E-state index in [1.807, 2.05) is 12.1 Å². The molecule has 1 aliphatic heterocycles. The van der Waals surface area contributed by atoms with Gasteiger partial charge in [-0.05, 0) is 63.2 Å². The number of likely N-dealkylation sites (tertiary alicyclic amines) is 1. The Morgan fingerprint density at radius 2 is 1.90 bits per heavy atom. The van der Waals surface area contributed by atoms with Crippen LogP contribution in [0.15, 0.2) is 12.1 Å². The molecule has 7 nitrogen and oxygen atoms in total. The Balaban J connectivity index is 1.59. The number of aryl methyl sites for hydroxylation is 1. The summed E-state index contributed by atoms with van der Waals surface area (Å²) in [6.07, 6.45) is 6.55. The molecule has 2 aliphatic rings. The number of fused-ring (bicyclic) bond motifs is 2. The van der Waals surface area contributed by atoms with Crippen LogP contribution >= 0.6 is 0 Å². The van der Waals surface area contributed by atoms with E-state index in [1.165, 1.54) is 31.5 Å². The van der Waals surface area contributed by atoms with Crippen molar-refractivity contribution < 1.29 is 19.7 Å². The lowest BCUT2D eigenvalue weighted by molar-refractivity contribution is 0.204. The van der Waals surface area contributed by atoms with Gasteiger partial charge in [0.2, 0.25) is 0 Å². The molecule has 0 radical (unpaired) electrons. The first-order chi connectivity index (χ1) is 14.7. The van der Waals surface area contributed by atoms with Crippen LogP contribution < -0.4 is 14.8 Å². The van der Waals surface area contributed by atoms with Crippen LogP contribution in [-0.4, -0.2) is 72.7 Å². The van der Waals surface area contributed by atoms with Gasteiger partial charge in [0.05, 0.1) is 38.5 Å². The molecule has 1 saturated heterocycles. The second-order valence-electron chi connectivity index (χ2n) is 8.24. The number of hydrogen-bond acceptors (Lipinski definition) is 7. The number of nitrogens with zero attached hydrogens (tertiary/aromatic N) is 2. The van der Waals surface area contributed by atoms with Crippen molar-refractivity contribution in [1.29, 1.82) is 0 Å². The number of aromatic nitrogens is 1. The predicted molar refractivity (Wildman–Crippen MR) is 118 cm³/mol. The summed E-state index contributed by atoms with van der Waals surface area (Å²) in [6, 6.07) is 3.51. The van der Waals surface area contributed by atoms with Crippen molar-refractivity contribution in [3.63, 3.8) is 0 Å². The molecule has 0 unspecified atom stereocenters. The molecule has 164 valence electrons. The predicted octanol–water partition coefficient (Wildman–Crippen LogP) is 2.36. The van der Waals surface area contributed by atoms with Crippen molar-refractivity contribution in [3.8, 4) is 11.5 Å². The molecule has 1 fully saturated rings. The highest BCUT2D eigenvalue weighted by Crippen LogP contribution is 2.40. The van der Waals surface area contributed by atoms with Crippen molar-refractivity contribution >= 4 is 16.6 Å². The summed E-state index contributed by atoms with van der Waals surface area (Å²) in [4.78, 5) is 7.38. The van der Waals surface area contributed by atoms with Gasteiger partial charge < -0.3 is 29.9 Å². The van der Waals surface area contributed by atoms with Crippen LogP contribution in [0.1, 0.15) is 36.9 Å². The minimum absolute atomic E-state index is 0.134. The Morgan fingerprint density at radius 1 is 1.10 bits per heavy atom. The zero-order valence-corrected chi connectivity index (χ0v) is 17.8. The largest absolute Gasteiger partial charge is 0.493 e. The van der Waals surface area contributed by atoms with Gasteiger partial charge >= 0.3 is 0 Å². The van der Waals surface area contributed by atoms with Gasteiger partial charge in [-0.3, -0.25) is 4.98 Å². The SMILES string of the molecule is COc1cc2c(NC(CO)CO)c3c(nc2cc1OCCCN1CCCC1)CCC3. The van der Waals surface area contributed by atoms with Crippen LogP contribution in [0.4, 0.5) is 5.69 Å². The monoisotopic (exact) mass is 415 g/mol. The van der Waals surface area contributed by atoms with E-state index in [4.69, 9.17) is 14.5 Å². The van der Waals surface area contributed by atoms with Crippen molar-refractivity contribution in [3.05, 3.63) is 23.4 Å². The van der Waals surface area contributed by atoms with Crippen LogP contribution in [0.5, 0.6) is 11.5 Å². The number of benzene rings is 1. The van der Waals surface area contributed by atoms with Crippen molar-refractivity contribution in [2.24, 2.45) is 0 Å². The first-order valence-electron chi connectivity index (χ1n) is 11.1. The third-order valence-electron chi connectivity index (χ3n) is 6.16. The summed E-state index contributed by atoms with van der Waals surface area (Å²) in [5, 5.41) is 23.4. The van der Waals surface area contributed by atoms with Crippen LogP contribution in [0, 0.1) is 0 Å². The number of pyridine rings is 1. The fourth-order valence-electron chi connectivity index (χ4n) is 4.54. The topological polar surface area (TPSA) is 87.1 Å². The molecule has 30 heavy (non-hydrogen) atoms. The molecule has 0 spiro atoms. The van der Waals surface area contributed by atoms with E-state index in [1.54, 1.807) is 7.11 Å². The maximum Gasteiger partial charge on any atom is 0.163 e. The first-order valence-corrected chi connectivity index (χ1v) is 11.1. The molecular weight excluding hydrogens is 382 g/mol. The highest BCUT2D eigenvalue weighted by Gasteiger charge is 2.23. The molecule has 2 heterocycles. The van der Waals surface area contributed by atoms with E-state index in [0.717, 1.165) is 54.5 Å². The Bertz CT molecular complexity index is 863. The minimum Gasteiger partial charge on any atom is -0.493 e. The number of aliphatic hydroxyl groups excluding tert-OH is 2. The van der Waals surface area contributed by atoms with Gasteiger partial charge in [0.25, 0.3) is 0 Å². The summed E-state index contributed by atoms with van der Waals surface area (Å²) in [5.41, 5.74) is 4.06. The van der Waals surface area contributed by atoms with Crippen LogP contribution in [0.2, 0.25) is 0 Å². The van der Waals surface area contributed by atoms with Gasteiger partial charge in [-0.25, -0.2) is 0 Å². The molecule has 7 heteroatoms. The lowest BCUT2D eigenvalue weighted by Crippen LogP contribution is -2.28. The third kappa shape index (κ3) is 4.48. The fraction of sp³-hybridized carbons (Fsp3) is 0.609. The average molecular weight is 416 g/mol. The summed E-state index contributed by atoms with van der Waals surface area (Å²) in [6.45, 7) is 3.85. The minimum atomic E-state index is -0.409. The van der Waals surface area contributed by atoms with Gasteiger partial charge in [-0.15, -0.1) is 0 Å². The molecule has 4 rings (SSSR count). The standard InChI is InChI=1S/C23H33N3O4/c1-29-21-12-18-20(13-22(21)30-11-5-10-26-8-2-3-9-26)25-19-7-4-6-17(19)23(18)24-16(14-27)15-28/h12-13,16,27-28H,2-11,14-15H2,1H3,(H,24,25). The molecule has 0 bridgehead atoms. The van der Waals surface area contributed by atoms with Crippen LogP contribution in [0.25, 0.3) is 10.9 Å². The van der Waals surface area contributed by atoms with Gasteiger partial charge in [0, 0.05) is 29.4 Å². The highest BCUT2D eigenvalue weighted by atomic mass is 16.5. The van der Waals surface area contributed by atoms with E-state index in [2.05, 4.69) is 10.2 Å². The van der Waals surface area contributed by atoms with Gasteiger partial charge in [0.15, 0.2) is 11.5 Å². The number of hydrogen-bond donors (Lipinski definition) is 3. The van der Waals surface area contributed by atoms with E-state index in [0.29, 0.717) is 18.1 Å². The number of nitrogens with one attached hydrogen (secondary N) is 1. The lowest BCUT2D eigenvalue weighted by atomic mass is 10.0. The van der Waals surface area contributed by atoms with Gasteiger partial charge in [-0.1, -0.05) is 0 Å². The molecule has 1 aliphatic carbocycles. The Labute approximate surface area is 178 Å².